The van der Waals surface area contributed by atoms with Gasteiger partial charge in [-0.1, -0.05) is 66.2 Å². The third-order valence-corrected chi connectivity index (χ3v) is 12.2. The lowest BCUT2D eigenvalue weighted by atomic mass is 9.66. The van der Waals surface area contributed by atoms with Gasteiger partial charge in [0.25, 0.3) is 0 Å². The standard InChI is InChI=1S/C46H38O3S2/c1-28-26-29(2)45(30(3)27-28)46(47)37-12-8-6-10-35(37)43(36-11-7-9-13-38(36)46)44(41-24-22-39(50-41)31-14-18-33(48-4)19-15-31)42-25-23-40(51-42)32-16-20-34(49-5)21-17-32/h6-27,47H,1-5H3. The van der Waals surface area contributed by atoms with E-state index in [-0.39, 0.29) is 0 Å². The Labute approximate surface area is 307 Å². The number of benzene rings is 5. The predicted molar refractivity (Wildman–Crippen MR) is 213 cm³/mol. The van der Waals surface area contributed by atoms with Crippen molar-refractivity contribution >= 4 is 33.8 Å². The van der Waals surface area contributed by atoms with E-state index in [1.54, 1.807) is 36.9 Å². The summed E-state index contributed by atoms with van der Waals surface area (Å²) < 4.78 is 10.9. The van der Waals surface area contributed by atoms with Crippen molar-refractivity contribution in [1.29, 1.82) is 0 Å². The molecule has 2 aromatic heterocycles. The topological polar surface area (TPSA) is 38.7 Å². The summed E-state index contributed by atoms with van der Waals surface area (Å²) in [5.41, 5.74) is 11.4. The highest BCUT2D eigenvalue weighted by Crippen LogP contribution is 2.54. The van der Waals surface area contributed by atoms with Gasteiger partial charge in [-0.25, -0.2) is 0 Å². The molecule has 1 aliphatic rings. The zero-order valence-corrected chi connectivity index (χ0v) is 30.9. The van der Waals surface area contributed by atoms with E-state index < -0.39 is 5.60 Å². The first-order valence-electron chi connectivity index (χ1n) is 17.0. The third-order valence-electron chi connectivity index (χ3n) is 9.92. The first-order chi connectivity index (χ1) is 24.8. The number of aryl methyl sites for hydroxylation is 3. The van der Waals surface area contributed by atoms with Gasteiger partial charge in [0, 0.05) is 36.2 Å². The van der Waals surface area contributed by atoms with Crippen molar-refractivity contribution in [3.05, 3.63) is 188 Å². The van der Waals surface area contributed by atoms with Crippen molar-refractivity contribution in [3.63, 3.8) is 0 Å². The molecule has 0 atom stereocenters. The van der Waals surface area contributed by atoms with Crippen LogP contribution < -0.4 is 9.47 Å². The summed E-state index contributed by atoms with van der Waals surface area (Å²) in [5, 5.41) is 13.3. The Morgan fingerprint density at radius 2 is 0.980 bits per heavy atom. The van der Waals surface area contributed by atoms with Gasteiger partial charge in [0.1, 0.15) is 17.1 Å². The molecule has 1 N–H and O–H groups in total. The zero-order valence-electron chi connectivity index (χ0n) is 29.3. The molecule has 5 heteroatoms. The quantitative estimate of drug-likeness (QED) is 0.180. The van der Waals surface area contributed by atoms with Crippen molar-refractivity contribution in [3.8, 4) is 32.4 Å². The van der Waals surface area contributed by atoms with E-state index >= 15 is 0 Å². The summed E-state index contributed by atoms with van der Waals surface area (Å²) in [4.78, 5) is 4.68. The Bertz CT molecular complexity index is 2270. The molecule has 0 saturated carbocycles. The maximum atomic E-state index is 13.3. The summed E-state index contributed by atoms with van der Waals surface area (Å²) in [6, 6.07) is 46.7. The molecular formula is C46H38O3S2. The molecule has 0 radical (unpaired) electrons. The smallest absolute Gasteiger partial charge is 0.142 e. The molecule has 0 unspecified atom stereocenters. The average Bonchev–Trinajstić information content (AvgIpc) is 3.84. The monoisotopic (exact) mass is 702 g/mol. The normalized spacial score (nSPS) is 14.9. The van der Waals surface area contributed by atoms with Gasteiger partial charge in [-0.3, -0.25) is 0 Å². The van der Waals surface area contributed by atoms with Crippen LogP contribution in [0.2, 0.25) is 0 Å². The van der Waals surface area contributed by atoms with Crippen LogP contribution in [0.4, 0.5) is 0 Å². The molecule has 0 spiro atoms. The maximum absolute atomic E-state index is 13.3. The molecule has 0 aliphatic heterocycles. The van der Waals surface area contributed by atoms with E-state index in [1.807, 2.05) is 36.4 Å². The van der Waals surface area contributed by atoms with Crippen LogP contribution in [0.3, 0.4) is 0 Å². The number of thiophene rings is 2. The molecule has 0 saturated heterocycles. The van der Waals surface area contributed by atoms with Gasteiger partial charge in [0.05, 0.1) is 14.2 Å². The molecule has 8 rings (SSSR count). The number of hydrogen-bond acceptors (Lipinski definition) is 5. The summed E-state index contributed by atoms with van der Waals surface area (Å²) in [6.07, 6.45) is 0. The SMILES string of the molecule is COc1ccc(-c2ccc(C(=C3c4ccccc4C(O)(c4c(C)cc(C)cc4C)c4ccccc43)c3ccc(-c4ccc(OC)cc4)s3)s2)cc1. The number of ether oxygens (including phenoxy) is 2. The van der Waals surface area contributed by atoms with Gasteiger partial charge < -0.3 is 14.6 Å². The van der Waals surface area contributed by atoms with Crippen molar-refractivity contribution in [2.45, 2.75) is 26.4 Å². The Balaban J connectivity index is 1.41. The van der Waals surface area contributed by atoms with E-state index in [4.69, 9.17) is 9.47 Å². The van der Waals surface area contributed by atoms with Gasteiger partial charge in [0.15, 0.2) is 0 Å². The highest BCUT2D eigenvalue weighted by molar-refractivity contribution is 7.19. The number of aliphatic hydroxyl groups is 1. The summed E-state index contributed by atoms with van der Waals surface area (Å²) in [7, 11) is 3.39. The van der Waals surface area contributed by atoms with E-state index in [9.17, 15) is 5.11 Å². The Kier molecular flexibility index (Phi) is 8.51. The average molecular weight is 703 g/mol. The molecule has 0 bridgehead atoms. The Morgan fingerprint density at radius 1 is 0.549 bits per heavy atom. The maximum Gasteiger partial charge on any atom is 0.142 e. The minimum atomic E-state index is -1.34. The van der Waals surface area contributed by atoms with Crippen LogP contribution in [0.1, 0.15) is 54.3 Å². The minimum Gasteiger partial charge on any atom is -0.497 e. The van der Waals surface area contributed by atoms with Crippen LogP contribution >= 0.6 is 22.7 Å². The highest BCUT2D eigenvalue weighted by atomic mass is 32.1. The molecular weight excluding hydrogens is 665 g/mol. The molecule has 1 aliphatic carbocycles. The van der Waals surface area contributed by atoms with Crippen LogP contribution in [-0.4, -0.2) is 19.3 Å². The van der Waals surface area contributed by atoms with Crippen molar-refractivity contribution in [2.75, 3.05) is 14.2 Å². The zero-order chi connectivity index (χ0) is 35.3. The van der Waals surface area contributed by atoms with Gasteiger partial charge in [-0.05, 0) is 138 Å². The Hall–Kier alpha value is -5.20. The third kappa shape index (κ3) is 5.62. The molecule has 7 aromatic rings. The van der Waals surface area contributed by atoms with Crippen LogP contribution in [0.25, 0.3) is 32.0 Å². The van der Waals surface area contributed by atoms with E-state index in [0.717, 1.165) is 82.5 Å². The van der Waals surface area contributed by atoms with Crippen LogP contribution in [-0.2, 0) is 5.60 Å². The number of rotatable bonds is 7. The largest absolute Gasteiger partial charge is 0.497 e. The molecule has 3 nitrogen and oxygen atoms in total. The number of methoxy groups -OCH3 is 2. The van der Waals surface area contributed by atoms with Crippen molar-refractivity contribution in [1.82, 2.24) is 0 Å². The van der Waals surface area contributed by atoms with Gasteiger partial charge >= 0.3 is 0 Å². The first kappa shape index (κ1) is 33.0. The van der Waals surface area contributed by atoms with E-state index in [1.165, 1.54) is 15.3 Å². The molecule has 0 fully saturated rings. The number of hydrogen-bond donors (Lipinski definition) is 1. The molecule has 252 valence electrons. The fourth-order valence-corrected chi connectivity index (χ4v) is 9.96. The molecule has 0 amide bonds. The second-order valence-corrected chi connectivity index (χ2v) is 15.3. The van der Waals surface area contributed by atoms with Gasteiger partial charge in [0.2, 0.25) is 0 Å². The van der Waals surface area contributed by atoms with Gasteiger partial charge in [-0.15, -0.1) is 22.7 Å². The molecule has 51 heavy (non-hydrogen) atoms. The van der Waals surface area contributed by atoms with E-state index in [0.29, 0.717) is 0 Å². The lowest BCUT2D eigenvalue weighted by Crippen LogP contribution is -2.36. The van der Waals surface area contributed by atoms with Crippen LogP contribution in [0, 0.1) is 20.8 Å². The summed E-state index contributed by atoms with van der Waals surface area (Å²) >= 11 is 3.57. The second-order valence-electron chi connectivity index (χ2n) is 13.1. The van der Waals surface area contributed by atoms with Crippen LogP contribution in [0.15, 0.2) is 133 Å². The second kappa shape index (κ2) is 13.2. The lowest BCUT2D eigenvalue weighted by Gasteiger charge is -2.40. The van der Waals surface area contributed by atoms with Crippen molar-refractivity contribution < 1.29 is 14.6 Å². The van der Waals surface area contributed by atoms with E-state index in [2.05, 4.69) is 118 Å². The lowest BCUT2D eigenvalue weighted by molar-refractivity contribution is 0.122. The summed E-state index contributed by atoms with van der Waals surface area (Å²) in [5.74, 6) is 1.68. The fraction of sp³-hybridized carbons (Fsp3) is 0.130. The first-order valence-corrected chi connectivity index (χ1v) is 18.7. The Morgan fingerprint density at radius 3 is 1.41 bits per heavy atom. The highest BCUT2D eigenvalue weighted by Gasteiger charge is 2.44. The predicted octanol–water partition coefficient (Wildman–Crippen LogP) is 11.7. The molecule has 5 aromatic carbocycles. The minimum absolute atomic E-state index is 0.838. The fourth-order valence-electron chi connectivity index (χ4n) is 7.75. The van der Waals surface area contributed by atoms with Crippen molar-refractivity contribution in [2.24, 2.45) is 0 Å². The van der Waals surface area contributed by atoms with Crippen LogP contribution in [0.5, 0.6) is 11.5 Å². The summed E-state index contributed by atoms with van der Waals surface area (Å²) in [6.45, 7) is 6.36. The number of fused-ring (bicyclic) bond motifs is 2. The molecule has 2 heterocycles. The van der Waals surface area contributed by atoms with Gasteiger partial charge in [-0.2, -0.15) is 0 Å².